The molecule has 0 radical (unpaired) electrons. The molecule has 0 amide bonds. The first kappa shape index (κ1) is 15.4. The van der Waals surface area contributed by atoms with Crippen LogP contribution >= 0.6 is 0 Å². The quantitative estimate of drug-likeness (QED) is 0.838. The second-order valence-corrected chi connectivity index (χ2v) is 5.94. The Morgan fingerprint density at radius 1 is 1.11 bits per heavy atom. The Hall–Kier alpha value is -1.65. The Balaban J connectivity index is 3.11. The van der Waals surface area contributed by atoms with Crippen LogP contribution in [-0.4, -0.2) is 11.1 Å². The van der Waals surface area contributed by atoms with Crippen LogP contribution in [0.2, 0.25) is 0 Å². The molecule has 0 saturated heterocycles. The van der Waals surface area contributed by atoms with Crippen molar-refractivity contribution in [1.29, 1.82) is 0 Å². The first-order valence-corrected chi connectivity index (χ1v) is 5.87. The maximum absolute atomic E-state index is 13.3. The van der Waals surface area contributed by atoms with Crippen LogP contribution in [0.3, 0.4) is 0 Å². The predicted molar refractivity (Wildman–Crippen MR) is 66.6 cm³/mol. The number of benzene rings is 1. The largest absolute Gasteiger partial charge is 0.503 e. The van der Waals surface area contributed by atoms with Gasteiger partial charge in [0.25, 0.3) is 0 Å². The van der Waals surface area contributed by atoms with Gasteiger partial charge in [-0.1, -0.05) is 0 Å². The summed E-state index contributed by atoms with van der Waals surface area (Å²) >= 11 is 0. The molecule has 0 aromatic heterocycles. The first-order chi connectivity index (χ1) is 8.45. The summed E-state index contributed by atoms with van der Waals surface area (Å²) in [5.74, 6) is -3.70. The summed E-state index contributed by atoms with van der Waals surface area (Å²) in [5.41, 5.74) is -1.77. The van der Waals surface area contributed by atoms with Gasteiger partial charge in [0, 0.05) is 5.56 Å². The standard InChI is InChI=1S/C14H18F2O3/c1-13(2,3)12(18)19-14(4,5)8-6-9(15)11(17)10(16)7-8/h6-7,17H,1-5H3. The lowest BCUT2D eigenvalue weighted by molar-refractivity contribution is -0.167. The molecular weight excluding hydrogens is 254 g/mol. The van der Waals surface area contributed by atoms with Crippen molar-refractivity contribution in [3.8, 4) is 5.75 Å². The number of hydrogen-bond acceptors (Lipinski definition) is 3. The minimum atomic E-state index is -1.19. The highest BCUT2D eigenvalue weighted by molar-refractivity contribution is 5.76. The van der Waals surface area contributed by atoms with E-state index in [4.69, 9.17) is 9.84 Å². The molecule has 1 aromatic carbocycles. The van der Waals surface area contributed by atoms with E-state index in [0.29, 0.717) is 0 Å². The molecule has 0 aliphatic carbocycles. The van der Waals surface area contributed by atoms with E-state index in [9.17, 15) is 13.6 Å². The van der Waals surface area contributed by atoms with Crippen LogP contribution in [0, 0.1) is 17.0 Å². The van der Waals surface area contributed by atoms with Crippen LogP contribution in [0.1, 0.15) is 40.2 Å². The number of ether oxygens (including phenoxy) is 1. The molecule has 3 nitrogen and oxygen atoms in total. The van der Waals surface area contributed by atoms with Crippen LogP contribution in [-0.2, 0) is 15.1 Å². The van der Waals surface area contributed by atoms with E-state index < -0.39 is 34.4 Å². The van der Waals surface area contributed by atoms with Crippen molar-refractivity contribution in [3.05, 3.63) is 29.3 Å². The molecule has 0 atom stereocenters. The van der Waals surface area contributed by atoms with Gasteiger partial charge in [-0.25, -0.2) is 8.78 Å². The van der Waals surface area contributed by atoms with Gasteiger partial charge in [-0.2, -0.15) is 0 Å². The van der Waals surface area contributed by atoms with E-state index in [1.54, 1.807) is 20.8 Å². The molecule has 1 N–H and O–H groups in total. The smallest absolute Gasteiger partial charge is 0.312 e. The summed E-state index contributed by atoms with van der Waals surface area (Å²) in [6.45, 7) is 8.11. The zero-order valence-electron chi connectivity index (χ0n) is 11.7. The number of phenols is 1. The van der Waals surface area contributed by atoms with Gasteiger partial charge in [-0.3, -0.25) is 4.79 Å². The Morgan fingerprint density at radius 2 is 1.53 bits per heavy atom. The Morgan fingerprint density at radius 3 is 1.89 bits per heavy atom. The number of aromatic hydroxyl groups is 1. The van der Waals surface area contributed by atoms with Gasteiger partial charge in [0.2, 0.25) is 0 Å². The van der Waals surface area contributed by atoms with Crippen molar-refractivity contribution in [1.82, 2.24) is 0 Å². The monoisotopic (exact) mass is 272 g/mol. The van der Waals surface area contributed by atoms with E-state index >= 15 is 0 Å². The van der Waals surface area contributed by atoms with Gasteiger partial charge in [0.15, 0.2) is 17.4 Å². The molecule has 5 heteroatoms. The van der Waals surface area contributed by atoms with Crippen molar-refractivity contribution in [3.63, 3.8) is 0 Å². The fourth-order valence-corrected chi connectivity index (χ4v) is 1.36. The van der Waals surface area contributed by atoms with Crippen LogP contribution in [0.4, 0.5) is 8.78 Å². The van der Waals surface area contributed by atoms with E-state index in [1.807, 2.05) is 0 Å². The second-order valence-electron chi connectivity index (χ2n) is 5.94. The summed E-state index contributed by atoms with van der Waals surface area (Å²) < 4.78 is 31.9. The van der Waals surface area contributed by atoms with E-state index in [2.05, 4.69) is 0 Å². The van der Waals surface area contributed by atoms with E-state index in [-0.39, 0.29) is 5.56 Å². The van der Waals surface area contributed by atoms with Gasteiger partial charge >= 0.3 is 5.97 Å². The number of esters is 1. The molecule has 19 heavy (non-hydrogen) atoms. The third-order valence-electron chi connectivity index (χ3n) is 2.67. The third-order valence-corrected chi connectivity index (χ3v) is 2.67. The molecule has 0 spiro atoms. The summed E-state index contributed by atoms with van der Waals surface area (Å²) in [6.07, 6.45) is 0. The highest BCUT2D eigenvalue weighted by Gasteiger charge is 2.32. The van der Waals surface area contributed by atoms with E-state index in [0.717, 1.165) is 12.1 Å². The van der Waals surface area contributed by atoms with Gasteiger partial charge in [0.1, 0.15) is 5.60 Å². The van der Waals surface area contributed by atoms with Crippen LogP contribution < -0.4 is 0 Å². The molecule has 0 fully saturated rings. The fraction of sp³-hybridized carbons (Fsp3) is 0.500. The van der Waals surface area contributed by atoms with Crippen LogP contribution in [0.15, 0.2) is 12.1 Å². The SMILES string of the molecule is CC(C)(C)C(=O)OC(C)(C)c1cc(F)c(O)c(F)c1. The van der Waals surface area contributed by atoms with Crippen molar-refractivity contribution in [2.24, 2.45) is 5.41 Å². The lowest BCUT2D eigenvalue weighted by atomic mass is 9.94. The molecule has 0 heterocycles. The lowest BCUT2D eigenvalue weighted by Crippen LogP contribution is -2.32. The zero-order valence-corrected chi connectivity index (χ0v) is 11.7. The number of carbonyl (C=O) groups excluding carboxylic acids is 1. The topological polar surface area (TPSA) is 46.5 Å². The Kier molecular flexibility index (Phi) is 3.89. The zero-order chi connectivity index (χ0) is 15.0. The van der Waals surface area contributed by atoms with Crippen molar-refractivity contribution in [2.75, 3.05) is 0 Å². The molecule has 0 aliphatic heterocycles. The first-order valence-electron chi connectivity index (χ1n) is 5.87. The molecule has 0 saturated carbocycles. The maximum atomic E-state index is 13.3. The highest BCUT2D eigenvalue weighted by Crippen LogP contribution is 2.32. The average molecular weight is 272 g/mol. The molecular formula is C14H18F2O3. The van der Waals surface area contributed by atoms with Gasteiger partial charge in [-0.15, -0.1) is 0 Å². The molecule has 106 valence electrons. The van der Waals surface area contributed by atoms with Gasteiger partial charge in [-0.05, 0) is 46.8 Å². The Labute approximate surface area is 111 Å². The van der Waals surface area contributed by atoms with Crippen molar-refractivity contribution >= 4 is 5.97 Å². The van der Waals surface area contributed by atoms with Crippen molar-refractivity contribution in [2.45, 2.75) is 40.2 Å². The summed E-state index contributed by atoms with van der Waals surface area (Å²) in [7, 11) is 0. The molecule has 1 rings (SSSR count). The minimum Gasteiger partial charge on any atom is -0.503 e. The number of phenolic OH excluding ortho intramolecular Hbond substituents is 1. The van der Waals surface area contributed by atoms with Crippen LogP contribution in [0.5, 0.6) is 5.75 Å². The molecule has 0 aliphatic rings. The highest BCUT2D eigenvalue weighted by atomic mass is 19.1. The van der Waals surface area contributed by atoms with Gasteiger partial charge in [0.05, 0.1) is 5.41 Å². The fourth-order valence-electron chi connectivity index (χ4n) is 1.36. The normalized spacial score (nSPS) is 12.4. The van der Waals surface area contributed by atoms with Crippen LogP contribution in [0.25, 0.3) is 0 Å². The van der Waals surface area contributed by atoms with Gasteiger partial charge < -0.3 is 9.84 Å². The number of carbonyl (C=O) groups is 1. The minimum absolute atomic E-state index is 0.137. The molecule has 0 unspecified atom stereocenters. The maximum Gasteiger partial charge on any atom is 0.312 e. The lowest BCUT2D eigenvalue weighted by Gasteiger charge is -2.29. The third kappa shape index (κ3) is 3.43. The summed E-state index contributed by atoms with van der Waals surface area (Å²) in [6, 6.07) is 1.91. The number of rotatable bonds is 2. The number of hydrogen-bond donors (Lipinski definition) is 1. The second kappa shape index (κ2) is 4.79. The molecule has 1 aromatic rings. The van der Waals surface area contributed by atoms with Crippen molar-refractivity contribution < 1.29 is 23.4 Å². The summed E-state index contributed by atoms with van der Waals surface area (Å²) in [4.78, 5) is 11.8. The Bertz CT molecular complexity index is 479. The van der Waals surface area contributed by atoms with E-state index in [1.165, 1.54) is 13.8 Å². The summed E-state index contributed by atoms with van der Waals surface area (Å²) in [5, 5.41) is 9.05. The number of halogens is 2. The molecule has 0 bridgehead atoms. The predicted octanol–water partition coefficient (Wildman–Crippen LogP) is 3.49. The average Bonchev–Trinajstić information content (AvgIpc) is 2.23.